The Balaban J connectivity index is 2.22. The number of nitrogens with one attached hydrogen (secondary N) is 1. The minimum atomic E-state index is -0.303. The molecule has 1 saturated carbocycles. The van der Waals surface area contributed by atoms with Gasteiger partial charge in [0.1, 0.15) is 5.82 Å². The van der Waals surface area contributed by atoms with E-state index in [-0.39, 0.29) is 5.82 Å². The van der Waals surface area contributed by atoms with Crippen LogP contribution in [0, 0.1) is 12.7 Å². The van der Waals surface area contributed by atoms with Gasteiger partial charge in [-0.3, -0.25) is 0 Å². The molecule has 0 saturated heterocycles. The van der Waals surface area contributed by atoms with Crippen molar-refractivity contribution in [3.8, 4) is 0 Å². The number of rotatable bonds is 4. The third-order valence-corrected chi connectivity index (χ3v) is 3.55. The van der Waals surface area contributed by atoms with Crippen molar-refractivity contribution in [1.29, 1.82) is 0 Å². The number of anilines is 1. The van der Waals surface area contributed by atoms with E-state index in [0.717, 1.165) is 31.6 Å². The molecule has 4 heteroatoms. The molecule has 0 aromatic carbocycles. The van der Waals surface area contributed by atoms with Crippen molar-refractivity contribution in [1.82, 2.24) is 9.97 Å². The summed E-state index contributed by atoms with van der Waals surface area (Å²) in [7, 11) is 0. The van der Waals surface area contributed by atoms with Crippen LogP contribution in [0.5, 0.6) is 0 Å². The number of nitrogens with zero attached hydrogens (tertiary/aromatic N) is 2. The van der Waals surface area contributed by atoms with Crippen LogP contribution in [0.3, 0.4) is 0 Å². The van der Waals surface area contributed by atoms with Crippen LogP contribution in [-0.4, -0.2) is 16.5 Å². The summed E-state index contributed by atoms with van der Waals surface area (Å²) in [6.07, 6.45) is 7.01. The maximum Gasteiger partial charge on any atom is 0.186 e. The molecule has 1 heterocycles. The molecule has 0 unspecified atom stereocenters. The largest absolute Gasteiger partial charge is 0.368 e. The Morgan fingerprint density at radius 2 is 1.94 bits per heavy atom. The van der Waals surface area contributed by atoms with E-state index in [0.29, 0.717) is 17.4 Å². The highest BCUT2D eigenvalue weighted by Gasteiger charge is 2.21. The SMILES string of the molecule is CCCNc1nc(C2CCCCC2)nc(C)c1F. The normalized spacial score (nSPS) is 16.8. The van der Waals surface area contributed by atoms with Crippen LogP contribution in [0.15, 0.2) is 0 Å². The van der Waals surface area contributed by atoms with Crippen LogP contribution in [0.2, 0.25) is 0 Å². The van der Waals surface area contributed by atoms with E-state index < -0.39 is 0 Å². The third-order valence-electron chi connectivity index (χ3n) is 3.55. The van der Waals surface area contributed by atoms with Gasteiger partial charge >= 0.3 is 0 Å². The predicted octanol–water partition coefficient (Wildman–Crippen LogP) is 3.79. The van der Waals surface area contributed by atoms with E-state index in [1.807, 2.05) is 0 Å². The van der Waals surface area contributed by atoms with E-state index in [1.54, 1.807) is 6.92 Å². The summed E-state index contributed by atoms with van der Waals surface area (Å²) in [5.74, 6) is 1.32. The van der Waals surface area contributed by atoms with E-state index in [1.165, 1.54) is 19.3 Å². The number of aromatic nitrogens is 2. The topological polar surface area (TPSA) is 37.8 Å². The zero-order valence-corrected chi connectivity index (χ0v) is 11.3. The van der Waals surface area contributed by atoms with Gasteiger partial charge in [-0.25, -0.2) is 14.4 Å². The summed E-state index contributed by atoms with van der Waals surface area (Å²) in [6.45, 7) is 4.53. The molecule has 1 aliphatic carbocycles. The minimum Gasteiger partial charge on any atom is -0.368 e. The monoisotopic (exact) mass is 251 g/mol. The second-order valence-corrected chi connectivity index (χ2v) is 5.09. The summed E-state index contributed by atoms with van der Waals surface area (Å²) in [6, 6.07) is 0. The lowest BCUT2D eigenvalue weighted by atomic mass is 9.88. The van der Waals surface area contributed by atoms with Crippen LogP contribution in [0.1, 0.15) is 62.9 Å². The van der Waals surface area contributed by atoms with Crippen molar-refractivity contribution in [3.05, 3.63) is 17.3 Å². The zero-order chi connectivity index (χ0) is 13.0. The molecule has 2 rings (SSSR count). The maximum absolute atomic E-state index is 13.9. The highest BCUT2D eigenvalue weighted by Crippen LogP contribution is 2.31. The average Bonchev–Trinajstić information content (AvgIpc) is 2.41. The first kappa shape index (κ1) is 13.2. The van der Waals surface area contributed by atoms with Crippen LogP contribution in [-0.2, 0) is 0 Å². The molecule has 0 atom stereocenters. The van der Waals surface area contributed by atoms with Crippen molar-refractivity contribution in [2.45, 2.75) is 58.3 Å². The summed E-state index contributed by atoms with van der Waals surface area (Å²) < 4.78 is 13.9. The number of hydrogen-bond donors (Lipinski definition) is 1. The van der Waals surface area contributed by atoms with Gasteiger partial charge in [-0.1, -0.05) is 26.2 Å². The Morgan fingerprint density at radius 1 is 1.22 bits per heavy atom. The first-order valence-corrected chi connectivity index (χ1v) is 7.00. The molecular formula is C14H22FN3. The Labute approximate surface area is 108 Å². The highest BCUT2D eigenvalue weighted by atomic mass is 19.1. The fraction of sp³-hybridized carbons (Fsp3) is 0.714. The Morgan fingerprint density at radius 3 is 2.61 bits per heavy atom. The minimum absolute atomic E-state index is 0.303. The summed E-state index contributed by atoms with van der Waals surface area (Å²) >= 11 is 0. The molecule has 0 aliphatic heterocycles. The number of hydrogen-bond acceptors (Lipinski definition) is 3. The molecule has 0 radical (unpaired) electrons. The molecule has 3 nitrogen and oxygen atoms in total. The summed E-state index contributed by atoms with van der Waals surface area (Å²) in [5, 5.41) is 3.06. The molecule has 1 aromatic rings. The first-order valence-electron chi connectivity index (χ1n) is 7.00. The quantitative estimate of drug-likeness (QED) is 0.884. The van der Waals surface area contributed by atoms with Crippen molar-refractivity contribution in [3.63, 3.8) is 0 Å². The van der Waals surface area contributed by atoms with Gasteiger partial charge in [0.25, 0.3) is 0 Å². The van der Waals surface area contributed by atoms with Gasteiger partial charge in [-0.2, -0.15) is 0 Å². The fourth-order valence-electron chi connectivity index (χ4n) is 2.48. The van der Waals surface area contributed by atoms with Crippen molar-refractivity contribution < 1.29 is 4.39 Å². The van der Waals surface area contributed by atoms with Crippen LogP contribution in [0.4, 0.5) is 10.2 Å². The lowest BCUT2D eigenvalue weighted by Gasteiger charge is -2.21. The fourth-order valence-corrected chi connectivity index (χ4v) is 2.48. The van der Waals surface area contributed by atoms with E-state index in [4.69, 9.17) is 0 Å². The molecule has 1 aliphatic rings. The van der Waals surface area contributed by atoms with Crippen molar-refractivity contribution >= 4 is 5.82 Å². The van der Waals surface area contributed by atoms with E-state index in [2.05, 4.69) is 22.2 Å². The molecule has 1 aromatic heterocycles. The van der Waals surface area contributed by atoms with E-state index >= 15 is 0 Å². The van der Waals surface area contributed by atoms with E-state index in [9.17, 15) is 4.39 Å². The van der Waals surface area contributed by atoms with Gasteiger partial charge in [0.2, 0.25) is 0 Å². The second kappa shape index (κ2) is 6.12. The van der Waals surface area contributed by atoms with Crippen molar-refractivity contribution in [2.24, 2.45) is 0 Å². The maximum atomic E-state index is 13.9. The lowest BCUT2D eigenvalue weighted by molar-refractivity contribution is 0.426. The lowest BCUT2D eigenvalue weighted by Crippen LogP contribution is -2.14. The Hall–Kier alpha value is -1.19. The second-order valence-electron chi connectivity index (χ2n) is 5.09. The standard InChI is InChI=1S/C14H22FN3/c1-3-9-16-14-12(15)10(2)17-13(18-14)11-7-5-4-6-8-11/h11H,3-9H2,1-2H3,(H,16,17,18). The predicted molar refractivity (Wildman–Crippen MR) is 71.3 cm³/mol. The van der Waals surface area contributed by atoms with Gasteiger partial charge in [-0.05, 0) is 26.2 Å². The number of halogens is 1. The molecule has 0 bridgehead atoms. The number of aryl methyl sites for hydroxylation is 1. The van der Waals surface area contributed by atoms with Gasteiger partial charge in [0.15, 0.2) is 11.6 Å². The van der Waals surface area contributed by atoms with Crippen LogP contribution < -0.4 is 5.32 Å². The third kappa shape index (κ3) is 2.98. The molecule has 100 valence electrons. The first-order chi connectivity index (χ1) is 8.72. The Bertz CT molecular complexity index is 400. The smallest absolute Gasteiger partial charge is 0.186 e. The van der Waals surface area contributed by atoms with Gasteiger partial charge in [0.05, 0.1) is 5.69 Å². The van der Waals surface area contributed by atoms with Crippen LogP contribution in [0.25, 0.3) is 0 Å². The molecule has 18 heavy (non-hydrogen) atoms. The molecule has 0 spiro atoms. The summed E-state index contributed by atoms with van der Waals surface area (Å²) in [4.78, 5) is 8.74. The summed E-state index contributed by atoms with van der Waals surface area (Å²) in [5.41, 5.74) is 0.462. The molecule has 1 N–H and O–H groups in total. The van der Waals surface area contributed by atoms with Gasteiger partial charge in [-0.15, -0.1) is 0 Å². The molecule has 1 fully saturated rings. The molecular weight excluding hydrogens is 229 g/mol. The average molecular weight is 251 g/mol. The van der Waals surface area contributed by atoms with Crippen LogP contribution >= 0.6 is 0 Å². The molecule has 0 amide bonds. The van der Waals surface area contributed by atoms with Gasteiger partial charge in [0, 0.05) is 12.5 Å². The zero-order valence-electron chi connectivity index (χ0n) is 11.3. The van der Waals surface area contributed by atoms with Crippen molar-refractivity contribution in [2.75, 3.05) is 11.9 Å². The highest BCUT2D eigenvalue weighted by molar-refractivity contribution is 5.38. The van der Waals surface area contributed by atoms with Gasteiger partial charge < -0.3 is 5.32 Å². The Kier molecular flexibility index (Phi) is 4.50.